The molecule has 2 N–H and O–H groups in total. The molecule has 5 heteroatoms. The monoisotopic (exact) mass is 250 g/mol. The zero-order chi connectivity index (χ0) is 10.8. The third-order valence-corrected chi connectivity index (χ3v) is 3.30. The number of hydrogen-bond donors (Lipinski definition) is 2. The van der Waals surface area contributed by atoms with E-state index in [2.05, 4.69) is 17.6 Å². The van der Waals surface area contributed by atoms with Gasteiger partial charge in [-0.3, -0.25) is 4.79 Å². The minimum atomic E-state index is -0.855. The number of carbonyl (C=O) groups is 1. The Bertz CT molecular complexity index is 252. The second-order valence-electron chi connectivity index (χ2n) is 4.69. The van der Waals surface area contributed by atoms with Crippen LogP contribution < -0.4 is 10.6 Å². The van der Waals surface area contributed by atoms with E-state index in [1.165, 1.54) is 12.8 Å². The van der Waals surface area contributed by atoms with Crippen LogP contribution in [0.15, 0.2) is 0 Å². The predicted molar refractivity (Wildman–Crippen MR) is 63.5 cm³/mol. The van der Waals surface area contributed by atoms with Crippen molar-refractivity contribution in [2.75, 3.05) is 6.54 Å². The Kier molecular flexibility index (Phi) is 4.99. The smallest absolute Gasteiger partial charge is 0.237 e. The Hall–Kier alpha value is -0.350. The van der Waals surface area contributed by atoms with Gasteiger partial charge in [-0.05, 0) is 18.8 Å². The Morgan fingerprint density at radius 3 is 2.81 bits per heavy atom. The zero-order valence-electron chi connectivity index (χ0n) is 9.54. The number of nitrogens with one attached hydrogen (secondary N) is 2. The molecule has 4 atom stereocenters. The Morgan fingerprint density at radius 1 is 1.50 bits per heavy atom. The van der Waals surface area contributed by atoms with E-state index >= 15 is 0 Å². The molecule has 2 rings (SSSR count). The summed E-state index contributed by atoms with van der Waals surface area (Å²) < 4.78 is 12.8. The molecule has 16 heavy (non-hydrogen) atoms. The lowest BCUT2D eigenvalue weighted by atomic mass is 10.2. The summed E-state index contributed by atoms with van der Waals surface area (Å²) in [6.45, 7) is 2.48. The molecule has 0 aromatic carbocycles. The van der Waals surface area contributed by atoms with Gasteiger partial charge in [0.1, 0.15) is 6.17 Å². The van der Waals surface area contributed by atoms with Gasteiger partial charge in [-0.25, -0.2) is 4.39 Å². The van der Waals surface area contributed by atoms with Gasteiger partial charge in [0.2, 0.25) is 5.91 Å². The highest BCUT2D eigenvalue weighted by Gasteiger charge is 2.39. The van der Waals surface area contributed by atoms with Crippen molar-refractivity contribution < 1.29 is 9.18 Å². The van der Waals surface area contributed by atoms with Gasteiger partial charge < -0.3 is 10.6 Å². The highest BCUT2D eigenvalue weighted by molar-refractivity contribution is 5.85. The van der Waals surface area contributed by atoms with Crippen LogP contribution in [0.4, 0.5) is 4.39 Å². The summed E-state index contributed by atoms with van der Waals surface area (Å²) in [4.78, 5) is 11.7. The van der Waals surface area contributed by atoms with E-state index in [1.807, 2.05) is 0 Å². The van der Waals surface area contributed by atoms with Crippen LogP contribution in [-0.2, 0) is 4.79 Å². The molecule has 2 aliphatic rings. The lowest BCUT2D eigenvalue weighted by Gasteiger charge is -2.10. The van der Waals surface area contributed by atoms with E-state index in [0.29, 0.717) is 24.9 Å². The fourth-order valence-corrected chi connectivity index (χ4v) is 2.29. The predicted octanol–water partition coefficient (Wildman–Crippen LogP) is 1.41. The summed E-state index contributed by atoms with van der Waals surface area (Å²) in [5.74, 6) is 0.653. The second-order valence-corrected chi connectivity index (χ2v) is 4.69. The van der Waals surface area contributed by atoms with E-state index in [-0.39, 0.29) is 24.4 Å². The molecule has 1 saturated heterocycles. The lowest BCUT2D eigenvalue weighted by molar-refractivity contribution is -0.123. The van der Waals surface area contributed by atoms with E-state index in [0.717, 1.165) is 6.42 Å². The number of amides is 1. The fraction of sp³-hybridized carbons (Fsp3) is 0.909. The van der Waals surface area contributed by atoms with Gasteiger partial charge in [0.15, 0.2) is 0 Å². The maximum atomic E-state index is 12.8. The van der Waals surface area contributed by atoms with Crippen molar-refractivity contribution in [3.8, 4) is 0 Å². The van der Waals surface area contributed by atoms with E-state index < -0.39 is 6.17 Å². The number of halogens is 2. The second kappa shape index (κ2) is 5.82. The van der Waals surface area contributed by atoms with Crippen LogP contribution in [0.1, 0.15) is 32.6 Å². The Balaban J connectivity index is 0.00000128. The van der Waals surface area contributed by atoms with Gasteiger partial charge in [-0.2, -0.15) is 0 Å². The molecule has 0 aromatic rings. The fourth-order valence-electron chi connectivity index (χ4n) is 2.29. The first-order chi connectivity index (χ1) is 7.20. The normalized spacial score (nSPS) is 36.6. The van der Waals surface area contributed by atoms with Crippen molar-refractivity contribution in [2.24, 2.45) is 5.92 Å². The first-order valence-electron chi connectivity index (χ1n) is 5.88. The van der Waals surface area contributed by atoms with Crippen LogP contribution in [0.2, 0.25) is 0 Å². The van der Waals surface area contributed by atoms with Crippen molar-refractivity contribution in [1.82, 2.24) is 10.6 Å². The van der Waals surface area contributed by atoms with Crippen molar-refractivity contribution >= 4 is 18.3 Å². The topological polar surface area (TPSA) is 41.1 Å². The molecule has 0 aromatic heterocycles. The summed E-state index contributed by atoms with van der Waals surface area (Å²) in [7, 11) is 0. The molecule has 1 heterocycles. The average Bonchev–Trinajstić information content (AvgIpc) is 2.76. The van der Waals surface area contributed by atoms with Gasteiger partial charge in [0, 0.05) is 19.0 Å². The highest BCUT2D eigenvalue weighted by atomic mass is 35.5. The van der Waals surface area contributed by atoms with Gasteiger partial charge in [-0.1, -0.05) is 13.3 Å². The zero-order valence-corrected chi connectivity index (χ0v) is 10.4. The minimum absolute atomic E-state index is 0. The van der Waals surface area contributed by atoms with Crippen LogP contribution in [0, 0.1) is 5.92 Å². The average molecular weight is 251 g/mol. The third-order valence-electron chi connectivity index (χ3n) is 3.30. The molecular formula is C11H20ClFN2O. The van der Waals surface area contributed by atoms with Crippen molar-refractivity contribution in [3.63, 3.8) is 0 Å². The summed E-state index contributed by atoms with van der Waals surface area (Å²) in [6.07, 6.45) is 2.94. The van der Waals surface area contributed by atoms with Crippen molar-refractivity contribution in [1.29, 1.82) is 0 Å². The Morgan fingerprint density at radius 2 is 2.25 bits per heavy atom. The van der Waals surface area contributed by atoms with Crippen molar-refractivity contribution in [3.05, 3.63) is 0 Å². The number of rotatable bonds is 4. The first kappa shape index (κ1) is 13.7. The molecule has 94 valence electrons. The summed E-state index contributed by atoms with van der Waals surface area (Å²) >= 11 is 0. The van der Waals surface area contributed by atoms with Gasteiger partial charge >= 0.3 is 0 Å². The number of hydrogen-bond acceptors (Lipinski definition) is 2. The van der Waals surface area contributed by atoms with E-state index in [4.69, 9.17) is 0 Å². The molecular weight excluding hydrogens is 231 g/mol. The van der Waals surface area contributed by atoms with Crippen molar-refractivity contribution in [2.45, 2.75) is 50.9 Å². The van der Waals surface area contributed by atoms with E-state index in [1.54, 1.807) is 0 Å². The van der Waals surface area contributed by atoms with Crippen LogP contribution in [0.3, 0.4) is 0 Å². The number of carbonyl (C=O) groups excluding carboxylic acids is 1. The largest absolute Gasteiger partial charge is 0.352 e. The first-order valence-corrected chi connectivity index (χ1v) is 5.88. The maximum Gasteiger partial charge on any atom is 0.237 e. The quantitative estimate of drug-likeness (QED) is 0.792. The van der Waals surface area contributed by atoms with Crippen LogP contribution >= 0.6 is 12.4 Å². The maximum absolute atomic E-state index is 12.8. The lowest BCUT2D eigenvalue weighted by Crippen LogP contribution is -2.41. The molecule has 0 radical (unpaired) electrons. The highest BCUT2D eigenvalue weighted by Crippen LogP contribution is 2.34. The molecule has 1 aliphatic carbocycles. The van der Waals surface area contributed by atoms with E-state index in [9.17, 15) is 9.18 Å². The standard InChI is InChI=1S/C11H19FN2O.ClH/c1-2-3-7-4-9(7)14-11(15)10-5-8(12)6-13-10;/h7-10,13H,2-6H2,1H3,(H,14,15);1H/t7?,8-,9?,10+;/m0./s1. The molecule has 0 bridgehead atoms. The SMILES string of the molecule is CCCC1CC1NC(=O)[C@H]1C[C@H](F)CN1.Cl. The van der Waals surface area contributed by atoms with Crippen LogP contribution in [-0.4, -0.2) is 30.7 Å². The van der Waals surface area contributed by atoms with Gasteiger partial charge in [0.25, 0.3) is 0 Å². The summed E-state index contributed by atoms with van der Waals surface area (Å²) in [6, 6.07) is 0.0563. The molecule has 2 fully saturated rings. The van der Waals surface area contributed by atoms with Crippen LogP contribution in [0.25, 0.3) is 0 Å². The summed E-state index contributed by atoms with van der Waals surface area (Å²) in [5.41, 5.74) is 0. The van der Waals surface area contributed by atoms with Crippen LogP contribution in [0.5, 0.6) is 0 Å². The number of alkyl halides is 1. The molecule has 0 spiro atoms. The molecule has 2 unspecified atom stereocenters. The summed E-state index contributed by atoms with van der Waals surface area (Å²) in [5, 5.41) is 5.88. The molecule has 1 amide bonds. The molecule has 1 aliphatic heterocycles. The third kappa shape index (κ3) is 3.32. The van der Waals surface area contributed by atoms with Gasteiger partial charge in [-0.15, -0.1) is 12.4 Å². The molecule has 1 saturated carbocycles. The van der Waals surface area contributed by atoms with Gasteiger partial charge in [0.05, 0.1) is 6.04 Å². The molecule has 3 nitrogen and oxygen atoms in total. The Labute approximate surface area is 102 Å². The minimum Gasteiger partial charge on any atom is -0.352 e.